The van der Waals surface area contributed by atoms with E-state index >= 15 is 0 Å². The van der Waals surface area contributed by atoms with E-state index in [4.69, 9.17) is 0 Å². The second-order valence-corrected chi connectivity index (χ2v) is 4.52. The van der Waals surface area contributed by atoms with E-state index in [9.17, 15) is 0 Å². The summed E-state index contributed by atoms with van der Waals surface area (Å²) in [7, 11) is 0. The fourth-order valence-corrected chi connectivity index (χ4v) is 2.39. The molecule has 2 nitrogen and oxygen atoms in total. The Balaban J connectivity index is 2.22. The van der Waals surface area contributed by atoms with E-state index in [0.717, 1.165) is 13.1 Å². The van der Waals surface area contributed by atoms with Crippen LogP contribution in [0.15, 0.2) is 18.2 Å². The van der Waals surface area contributed by atoms with Gasteiger partial charge in [-0.05, 0) is 30.5 Å². The molecule has 0 aromatic heterocycles. The molecule has 0 saturated heterocycles. The molecule has 2 heteroatoms. The molecule has 1 N–H and O–H groups in total. The lowest BCUT2D eigenvalue weighted by molar-refractivity contribution is 0.759. The summed E-state index contributed by atoms with van der Waals surface area (Å²) < 4.78 is 0. The van der Waals surface area contributed by atoms with Crippen molar-refractivity contribution in [1.29, 1.82) is 0 Å². The highest BCUT2D eigenvalue weighted by Crippen LogP contribution is 2.30. The van der Waals surface area contributed by atoms with Crippen molar-refractivity contribution in [3.63, 3.8) is 0 Å². The van der Waals surface area contributed by atoms with Gasteiger partial charge in [0.25, 0.3) is 0 Å². The molecule has 16 heavy (non-hydrogen) atoms. The van der Waals surface area contributed by atoms with Gasteiger partial charge in [0.15, 0.2) is 0 Å². The van der Waals surface area contributed by atoms with E-state index in [-0.39, 0.29) is 0 Å². The Bertz CT molecular complexity index is 347. The van der Waals surface area contributed by atoms with Gasteiger partial charge in [0.1, 0.15) is 0 Å². The van der Waals surface area contributed by atoms with E-state index in [1.807, 2.05) is 0 Å². The highest BCUT2D eigenvalue weighted by Gasteiger charge is 2.15. The van der Waals surface area contributed by atoms with Gasteiger partial charge in [0.05, 0.1) is 11.4 Å². The van der Waals surface area contributed by atoms with Crippen LogP contribution in [-0.4, -0.2) is 19.6 Å². The zero-order valence-electron chi connectivity index (χ0n) is 10.4. The average molecular weight is 218 g/mol. The Hall–Kier alpha value is -1.18. The van der Waals surface area contributed by atoms with Gasteiger partial charge in [-0.1, -0.05) is 26.3 Å². The fraction of sp³-hybridized carbons (Fsp3) is 0.571. The van der Waals surface area contributed by atoms with Gasteiger partial charge in [0, 0.05) is 19.6 Å². The lowest BCUT2D eigenvalue weighted by Crippen LogP contribution is -2.34. The monoisotopic (exact) mass is 218 g/mol. The molecule has 1 aliphatic rings. The smallest absolute Gasteiger partial charge is 0.0602 e. The van der Waals surface area contributed by atoms with Gasteiger partial charge >= 0.3 is 0 Å². The third-order valence-electron chi connectivity index (χ3n) is 3.13. The third-order valence-corrected chi connectivity index (χ3v) is 3.13. The van der Waals surface area contributed by atoms with Crippen LogP contribution in [0.1, 0.15) is 32.3 Å². The standard InChI is InChI=1S/C14H22N2/c1-3-5-12-6-7-14-13(11-12)15-8-10-16(14)9-4-2/h6-7,11,15H,3-5,8-10H2,1-2H3. The molecule has 0 fully saturated rings. The summed E-state index contributed by atoms with van der Waals surface area (Å²) in [5, 5.41) is 3.51. The highest BCUT2D eigenvalue weighted by atomic mass is 15.2. The van der Waals surface area contributed by atoms with Crippen LogP contribution in [0.3, 0.4) is 0 Å². The maximum atomic E-state index is 3.51. The molecular weight excluding hydrogens is 196 g/mol. The number of fused-ring (bicyclic) bond motifs is 1. The minimum absolute atomic E-state index is 1.07. The molecule has 0 aliphatic carbocycles. The molecule has 0 amide bonds. The van der Waals surface area contributed by atoms with Crippen molar-refractivity contribution < 1.29 is 0 Å². The van der Waals surface area contributed by atoms with Crippen LogP contribution >= 0.6 is 0 Å². The molecular formula is C14H22N2. The van der Waals surface area contributed by atoms with E-state index in [2.05, 4.69) is 42.3 Å². The fourth-order valence-electron chi connectivity index (χ4n) is 2.39. The van der Waals surface area contributed by atoms with Crippen molar-refractivity contribution in [1.82, 2.24) is 0 Å². The Morgan fingerprint density at radius 3 is 2.88 bits per heavy atom. The van der Waals surface area contributed by atoms with Gasteiger partial charge in [-0.25, -0.2) is 0 Å². The molecule has 0 bridgehead atoms. The second kappa shape index (κ2) is 5.24. The molecule has 0 unspecified atom stereocenters. The first-order chi connectivity index (χ1) is 7.85. The minimum Gasteiger partial charge on any atom is -0.382 e. The van der Waals surface area contributed by atoms with Gasteiger partial charge in [-0.2, -0.15) is 0 Å². The van der Waals surface area contributed by atoms with Crippen LogP contribution in [0.2, 0.25) is 0 Å². The molecule has 0 spiro atoms. The van der Waals surface area contributed by atoms with Crippen LogP contribution in [0, 0.1) is 0 Å². The topological polar surface area (TPSA) is 15.3 Å². The van der Waals surface area contributed by atoms with Gasteiger partial charge in [-0.15, -0.1) is 0 Å². The molecule has 2 rings (SSSR count). The van der Waals surface area contributed by atoms with Crippen LogP contribution < -0.4 is 10.2 Å². The zero-order chi connectivity index (χ0) is 11.4. The Labute approximate surface area is 98.7 Å². The van der Waals surface area contributed by atoms with Crippen molar-refractivity contribution in [2.45, 2.75) is 33.1 Å². The summed E-state index contributed by atoms with van der Waals surface area (Å²) >= 11 is 0. The summed E-state index contributed by atoms with van der Waals surface area (Å²) in [4.78, 5) is 2.49. The van der Waals surface area contributed by atoms with Gasteiger partial charge in [-0.3, -0.25) is 0 Å². The molecule has 1 heterocycles. The molecule has 88 valence electrons. The van der Waals surface area contributed by atoms with Crippen molar-refractivity contribution in [2.75, 3.05) is 29.9 Å². The predicted octanol–water partition coefficient (Wildman–Crippen LogP) is 3.28. The number of nitrogens with zero attached hydrogens (tertiary/aromatic N) is 1. The highest BCUT2D eigenvalue weighted by molar-refractivity contribution is 5.72. The van der Waals surface area contributed by atoms with Crippen LogP contribution in [0.4, 0.5) is 11.4 Å². The van der Waals surface area contributed by atoms with E-state index in [0.29, 0.717) is 0 Å². The first kappa shape index (κ1) is 11.3. The minimum atomic E-state index is 1.07. The number of hydrogen-bond acceptors (Lipinski definition) is 2. The van der Waals surface area contributed by atoms with Crippen LogP contribution in [-0.2, 0) is 6.42 Å². The number of rotatable bonds is 4. The molecule has 1 aromatic carbocycles. The first-order valence-electron chi connectivity index (χ1n) is 6.47. The summed E-state index contributed by atoms with van der Waals surface area (Å²) in [5.41, 5.74) is 4.16. The van der Waals surface area contributed by atoms with Crippen molar-refractivity contribution in [3.8, 4) is 0 Å². The van der Waals surface area contributed by atoms with Gasteiger partial charge in [0.2, 0.25) is 0 Å². The summed E-state index contributed by atoms with van der Waals surface area (Å²) in [6.07, 6.45) is 3.62. The third kappa shape index (κ3) is 2.31. The number of aryl methyl sites for hydroxylation is 1. The first-order valence-corrected chi connectivity index (χ1v) is 6.47. The molecule has 0 saturated carbocycles. The van der Waals surface area contributed by atoms with Crippen LogP contribution in [0.5, 0.6) is 0 Å². The number of benzene rings is 1. The molecule has 0 atom stereocenters. The Morgan fingerprint density at radius 1 is 1.25 bits per heavy atom. The van der Waals surface area contributed by atoms with E-state index in [1.165, 1.54) is 42.7 Å². The van der Waals surface area contributed by atoms with Crippen molar-refractivity contribution in [2.24, 2.45) is 0 Å². The number of nitrogens with one attached hydrogen (secondary N) is 1. The second-order valence-electron chi connectivity index (χ2n) is 4.52. The predicted molar refractivity (Wildman–Crippen MR) is 71.4 cm³/mol. The SMILES string of the molecule is CCCc1ccc2c(c1)NCCN2CCC. The van der Waals surface area contributed by atoms with E-state index < -0.39 is 0 Å². The van der Waals surface area contributed by atoms with Crippen molar-refractivity contribution >= 4 is 11.4 Å². The normalized spacial score (nSPS) is 14.5. The summed E-state index contributed by atoms with van der Waals surface area (Å²) in [6, 6.07) is 6.88. The average Bonchev–Trinajstić information content (AvgIpc) is 2.30. The Kier molecular flexibility index (Phi) is 3.70. The quantitative estimate of drug-likeness (QED) is 0.834. The number of hydrogen-bond donors (Lipinski definition) is 1. The molecule has 0 radical (unpaired) electrons. The largest absolute Gasteiger partial charge is 0.382 e. The maximum absolute atomic E-state index is 3.51. The van der Waals surface area contributed by atoms with Crippen LogP contribution in [0.25, 0.3) is 0 Å². The Morgan fingerprint density at radius 2 is 2.12 bits per heavy atom. The van der Waals surface area contributed by atoms with E-state index in [1.54, 1.807) is 0 Å². The lowest BCUT2D eigenvalue weighted by atomic mass is 10.1. The van der Waals surface area contributed by atoms with Crippen molar-refractivity contribution in [3.05, 3.63) is 23.8 Å². The van der Waals surface area contributed by atoms with Gasteiger partial charge < -0.3 is 10.2 Å². The molecule has 1 aliphatic heterocycles. The summed E-state index contributed by atoms with van der Waals surface area (Å²) in [6.45, 7) is 7.85. The zero-order valence-corrected chi connectivity index (χ0v) is 10.4. The molecule has 1 aromatic rings. The number of anilines is 2. The maximum Gasteiger partial charge on any atom is 0.0602 e. The lowest BCUT2D eigenvalue weighted by Gasteiger charge is -2.32. The summed E-state index contributed by atoms with van der Waals surface area (Å²) in [5.74, 6) is 0.